The minimum atomic E-state index is -3.69. The fourth-order valence-corrected chi connectivity index (χ4v) is 5.54. The summed E-state index contributed by atoms with van der Waals surface area (Å²) in [4.78, 5) is 26.4. The molecule has 152 valence electrons. The summed E-state index contributed by atoms with van der Waals surface area (Å²) in [6.07, 6.45) is 2.64. The molecule has 6 nitrogen and oxygen atoms in total. The van der Waals surface area contributed by atoms with Crippen LogP contribution in [0.1, 0.15) is 35.2 Å². The quantitative estimate of drug-likeness (QED) is 0.659. The second kappa shape index (κ2) is 7.72. The van der Waals surface area contributed by atoms with E-state index >= 15 is 0 Å². The number of hydrogen-bond donors (Lipinski definition) is 0. The van der Waals surface area contributed by atoms with Crippen LogP contribution < -0.4 is 4.90 Å². The number of ketones is 1. The average molecular weight is 453 g/mol. The molecule has 0 N–H and O–H groups in total. The Morgan fingerprint density at radius 2 is 1.62 bits per heavy atom. The Labute approximate surface area is 179 Å². The van der Waals surface area contributed by atoms with E-state index in [1.807, 2.05) is 0 Å². The Hall–Kier alpha value is -1.93. The second-order valence-corrected chi connectivity index (χ2v) is 9.86. The molecule has 29 heavy (non-hydrogen) atoms. The molecular weight excluding hydrogens is 435 g/mol. The number of rotatable bonds is 4. The van der Waals surface area contributed by atoms with Crippen molar-refractivity contribution in [1.29, 1.82) is 0 Å². The van der Waals surface area contributed by atoms with Crippen LogP contribution in [0.15, 0.2) is 41.3 Å². The van der Waals surface area contributed by atoms with Gasteiger partial charge < -0.3 is 4.90 Å². The molecule has 0 aromatic heterocycles. The van der Waals surface area contributed by atoms with Crippen LogP contribution in [0.3, 0.4) is 0 Å². The molecule has 0 saturated carbocycles. The van der Waals surface area contributed by atoms with E-state index in [0.29, 0.717) is 34.4 Å². The highest BCUT2D eigenvalue weighted by molar-refractivity contribution is 7.89. The van der Waals surface area contributed by atoms with Crippen LogP contribution in [-0.4, -0.2) is 37.5 Å². The zero-order valence-electron chi connectivity index (χ0n) is 15.4. The third-order valence-electron chi connectivity index (χ3n) is 5.22. The van der Waals surface area contributed by atoms with Gasteiger partial charge in [0.1, 0.15) is 0 Å². The van der Waals surface area contributed by atoms with Gasteiger partial charge in [-0.2, -0.15) is 4.31 Å². The first-order valence-corrected chi connectivity index (χ1v) is 11.4. The summed E-state index contributed by atoms with van der Waals surface area (Å²) in [6.45, 7) is 1.07. The van der Waals surface area contributed by atoms with Crippen molar-refractivity contribution in [1.82, 2.24) is 4.31 Å². The lowest BCUT2D eigenvalue weighted by molar-refractivity contribution is -0.114. The molecular formula is C20H18Cl2N2O4S. The van der Waals surface area contributed by atoms with E-state index in [1.54, 1.807) is 18.2 Å². The van der Waals surface area contributed by atoms with Crippen LogP contribution in [0.25, 0.3) is 0 Å². The maximum Gasteiger partial charge on any atom is 0.299 e. The molecule has 0 radical (unpaired) electrons. The minimum Gasteiger partial charge on any atom is -0.300 e. The number of anilines is 1. The molecule has 1 saturated heterocycles. The Balaban J connectivity index is 1.67. The predicted molar refractivity (Wildman–Crippen MR) is 111 cm³/mol. The van der Waals surface area contributed by atoms with Crippen molar-refractivity contribution >= 4 is 50.6 Å². The largest absolute Gasteiger partial charge is 0.300 e. The van der Waals surface area contributed by atoms with E-state index in [0.717, 1.165) is 19.3 Å². The van der Waals surface area contributed by atoms with Gasteiger partial charge in [-0.05, 0) is 48.7 Å². The molecule has 2 aromatic carbocycles. The van der Waals surface area contributed by atoms with Crippen molar-refractivity contribution < 1.29 is 18.0 Å². The fourth-order valence-electron chi connectivity index (χ4n) is 3.67. The maximum absolute atomic E-state index is 12.9. The molecule has 1 amide bonds. The molecule has 1 fully saturated rings. The summed E-state index contributed by atoms with van der Waals surface area (Å²) in [7, 11) is -3.69. The molecule has 4 rings (SSSR count). The average Bonchev–Trinajstić information content (AvgIpc) is 2.96. The monoisotopic (exact) mass is 452 g/mol. The molecule has 2 aliphatic rings. The SMILES string of the molecule is O=C1C(=O)N(Cc2ccc(Cl)c(Cl)c2)c2ccc(S(=O)(=O)N3CCCCC3)cc21. The highest BCUT2D eigenvalue weighted by Crippen LogP contribution is 2.34. The second-order valence-electron chi connectivity index (χ2n) is 7.11. The van der Waals surface area contributed by atoms with Crippen LogP contribution in [0.2, 0.25) is 10.0 Å². The van der Waals surface area contributed by atoms with Gasteiger partial charge in [-0.25, -0.2) is 8.42 Å². The van der Waals surface area contributed by atoms with Gasteiger partial charge in [0, 0.05) is 13.1 Å². The third kappa shape index (κ3) is 3.68. The standard InChI is InChI=1S/C20H18Cl2N2O4S/c21-16-6-4-13(10-17(16)22)12-24-18-7-5-14(11-15(18)19(25)20(24)26)29(27,28)23-8-2-1-3-9-23/h4-7,10-11H,1-3,8-9,12H2. The lowest BCUT2D eigenvalue weighted by Crippen LogP contribution is -2.35. The summed E-state index contributed by atoms with van der Waals surface area (Å²) in [6, 6.07) is 9.27. The van der Waals surface area contributed by atoms with E-state index < -0.39 is 21.7 Å². The molecule has 0 aliphatic carbocycles. The van der Waals surface area contributed by atoms with E-state index in [1.165, 1.54) is 27.4 Å². The van der Waals surface area contributed by atoms with Crippen molar-refractivity contribution in [2.75, 3.05) is 18.0 Å². The van der Waals surface area contributed by atoms with Gasteiger partial charge in [0.25, 0.3) is 11.7 Å². The van der Waals surface area contributed by atoms with Crippen molar-refractivity contribution in [3.05, 3.63) is 57.6 Å². The van der Waals surface area contributed by atoms with Crippen LogP contribution in [-0.2, 0) is 21.4 Å². The summed E-state index contributed by atoms with van der Waals surface area (Å²) in [5.74, 6) is -1.41. The number of nitrogens with zero attached hydrogens (tertiary/aromatic N) is 2. The first kappa shape index (κ1) is 20.3. The van der Waals surface area contributed by atoms with Crippen molar-refractivity contribution in [2.24, 2.45) is 0 Å². The van der Waals surface area contributed by atoms with Gasteiger partial charge in [0.05, 0.1) is 32.7 Å². The smallest absolute Gasteiger partial charge is 0.299 e. The molecule has 0 spiro atoms. The lowest BCUT2D eigenvalue weighted by atomic mass is 10.1. The predicted octanol–water partition coefficient (Wildman–Crippen LogP) is 3.90. The topological polar surface area (TPSA) is 74.8 Å². The number of Topliss-reactive ketones (excluding diaryl/α,β-unsaturated/α-hetero) is 1. The van der Waals surface area contributed by atoms with Crippen LogP contribution >= 0.6 is 23.2 Å². The number of fused-ring (bicyclic) bond motifs is 1. The lowest BCUT2D eigenvalue weighted by Gasteiger charge is -2.26. The number of benzene rings is 2. The molecule has 2 aliphatic heterocycles. The Bertz CT molecular complexity index is 1110. The van der Waals surface area contributed by atoms with Crippen LogP contribution in [0, 0.1) is 0 Å². The number of piperidine rings is 1. The number of carbonyl (C=O) groups excluding carboxylic acids is 2. The van der Waals surface area contributed by atoms with Crippen molar-refractivity contribution in [2.45, 2.75) is 30.7 Å². The zero-order chi connectivity index (χ0) is 20.8. The first-order valence-electron chi connectivity index (χ1n) is 9.23. The number of sulfonamides is 1. The van der Waals surface area contributed by atoms with Crippen LogP contribution in [0.4, 0.5) is 5.69 Å². The zero-order valence-corrected chi connectivity index (χ0v) is 17.7. The van der Waals surface area contributed by atoms with Gasteiger partial charge in [-0.15, -0.1) is 0 Å². The van der Waals surface area contributed by atoms with Gasteiger partial charge in [-0.1, -0.05) is 35.7 Å². The fraction of sp³-hybridized carbons (Fsp3) is 0.300. The Kier molecular flexibility index (Phi) is 5.42. The highest BCUT2D eigenvalue weighted by Gasteiger charge is 2.37. The van der Waals surface area contributed by atoms with Gasteiger partial charge >= 0.3 is 0 Å². The number of carbonyl (C=O) groups is 2. The van der Waals surface area contributed by atoms with Gasteiger partial charge in [0.2, 0.25) is 10.0 Å². The Morgan fingerprint density at radius 1 is 0.897 bits per heavy atom. The summed E-state index contributed by atoms with van der Waals surface area (Å²) >= 11 is 12.0. The number of amides is 1. The van der Waals surface area contributed by atoms with Gasteiger partial charge in [-0.3, -0.25) is 9.59 Å². The molecule has 2 heterocycles. The summed E-state index contributed by atoms with van der Waals surface area (Å²) in [5, 5.41) is 0.748. The van der Waals surface area contributed by atoms with Crippen molar-refractivity contribution in [3.8, 4) is 0 Å². The molecule has 0 atom stereocenters. The van der Waals surface area contributed by atoms with Gasteiger partial charge in [0.15, 0.2) is 0 Å². The van der Waals surface area contributed by atoms with Crippen molar-refractivity contribution in [3.63, 3.8) is 0 Å². The normalized spacial score (nSPS) is 17.7. The third-order valence-corrected chi connectivity index (χ3v) is 7.85. The molecule has 0 unspecified atom stereocenters. The summed E-state index contributed by atoms with van der Waals surface area (Å²) in [5.41, 5.74) is 1.20. The van der Waals surface area contributed by atoms with E-state index in [-0.39, 0.29) is 17.0 Å². The van der Waals surface area contributed by atoms with E-state index in [9.17, 15) is 18.0 Å². The molecule has 9 heteroatoms. The number of halogens is 2. The van der Waals surface area contributed by atoms with E-state index in [2.05, 4.69) is 0 Å². The first-order chi connectivity index (χ1) is 13.8. The highest BCUT2D eigenvalue weighted by atomic mass is 35.5. The minimum absolute atomic E-state index is 0.0377. The van der Waals surface area contributed by atoms with E-state index in [4.69, 9.17) is 23.2 Å². The number of hydrogen-bond acceptors (Lipinski definition) is 4. The Morgan fingerprint density at radius 3 is 2.31 bits per heavy atom. The molecule has 2 aromatic rings. The van der Waals surface area contributed by atoms with Crippen LogP contribution in [0.5, 0.6) is 0 Å². The maximum atomic E-state index is 12.9. The summed E-state index contributed by atoms with van der Waals surface area (Å²) < 4.78 is 27.2. The molecule has 0 bridgehead atoms.